The molecule has 2 aromatic carbocycles. The molecule has 0 aliphatic carbocycles. The Hall–Kier alpha value is -3.51. The topological polar surface area (TPSA) is 90.7 Å². The zero-order chi connectivity index (χ0) is 22.2. The summed E-state index contributed by atoms with van der Waals surface area (Å²) in [6, 6.07) is 19.8. The molecule has 1 saturated heterocycles. The number of aromatic nitrogens is 1. The first-order chi connectivity index (χ1) is 15.0. The molecule has 160 valence electrons. The van der Waals surface area contributed by atoms with Crippen LogP contribution in [0.25, 0.3) is 11.1 Å². The van der Waals surface area contributed by atoms with Crippen LogP contribution in [0.2, 0.25) is 0 Å². The molecule has 0 radical (unpaired) electrons. The number of β-amino-alcohol motifs (C(OH)–C–C–N with tert-alkyl or cyclic N) is 1. The van der Waals surface area contributed by atoms with Crippen LogP contribution >= 0.6 is 0 Å². The second kappa shape index (κ2) is 10.5. The molecule has 31 heavy (non-hydrogen) atoms. The Labute approximate surface area is 181 Å². The normalized spacial score (nSPS) is 17.5. The maximum Gasteiger partial charge on any atom is 0.290 e. The van der Waals surface area contributed by atoms with Crippen molar-refractivity contribution in [2.75, 3.05) is 13.1 Å². The van der Waals surface area contributed by atoms with Crippen molar-refractivity contribution < 1.29 is 19.8 Å². The molecule has 1 fully saturated rings. The highest BCUT2D eigenvalue weighted by Crippen LogP contribution is 2.28. The molecule has 1 aliphatic heterocycles. The lowest BCUT2D eigenvalue weighted by atomic mass is 9.97. The van der Waals surface area contributed by atoms with Gasteiger partial charge in [-0.2, -0.15) is 0 Å². The number of carboxylic acid groups (broad SMARTS) is 1. The van der Waals surface area contributed by atoms with Crippen molar-refractivity contribution >= 4 is 12.4 Å². The highest BCUT2D eigenvalue weighted by atomic mass is 16.3. The van der Waals surface area contributed by atoms with E-state index in [1.807, 2.05) is 48.5 Å². The van der Waals surface area contributed by atoms with Crippen molar-refractivity contribution in [2.45, 2.75) is 19.4 Å². The van der Waals surface area contributed by atoms with Crippen molar-refractivity contribution in [1.29, 1.82) is 0 Å². The third-order valence-electron chi connectivity index (χ3n) is 5.43. The molecule has 0 unspecified atom stereocenters. The molecule has 2 N–H and O–H groups in total. The number of benzene rings is 2. The Bertz CT molecular complexity index is 1020. The highest BCUT2D eigenvalue weighted by molar-refractivity contribution is 6.01. The number of likely N-dealkylation sites (tertiary alicyclic amines) is 1. The summed E-state index contributed by atoms with van der Waals surface area (Å²) in [4.78, 5) is 27.5. The molecule has 2 heterocycles. The molecule has 0 bridgehead atoms. The number of rotatable bonds is 4. The minimum absolute atomic E-state index is 0.0200. The Balaban J connectivity index is 0.000000858. The van der Waals surface area contributed by atoms with Crippen LogP contribution in [0.5, 0.6) is 0 Å². The number of amides is 1. The summed E-state index contributed by atoms with van der Waals surface area (Å²) in [6.45, 7) is 2.73. The van der Waals surface area contributed by atoms with Gasteiger partial charge in [-0.05, 0) is 48.2 Å². The van der Waals surface area contributed by atoms with E-state index in [4.69, 9.17) is 9.90 Å². The van der Waals surface area contributed by atoms with Crippen LogP contribution in [0.1, 0.15) is 21.5 Å². The van der Waals surface area contributed by atoms with Gasteiger partial charge in [-0.1, -0.05) is 48.0 Å². The smallest absolute Gasteiger partial charge is 0.290 e. The zero-order valence-electron chi connectivity index (χ0n) is 17.4. The van der Waals surface area contributed by atoms with E-state index in [0.29, 0.717) is 18.7 Å². The first-order valence-corrected chi connectivity index (χ1v) is 10.1. The number of carbonyl (C=O) groups excluding carboxylic acids is 1. The fourth-order valence-electron chi connectivity index (χ4n) is 3.95. The van der Waals surface area contributed by atoms with Gasteiger partial charge in [0.15, 0.2) is 0 Å². The number of hydrogen-bond donors (Lipinski definition) is 2. The van der Waals surface area contributed by atoms with Gasteiger partial charge < -0.3 is 15.1 Å². The van der Waals surface area contributed by atoms with Crippen molar-refractivity contribution in [3.8, 4) is 11.1 Å². The molecule has 0 spiro atoms. The van der Waals surface area contributed by atoms with Gasteiger partial charge >= 0.3 is 0 Å². The van der Waals surface area contributed by atoms with E-state index in [9.17, 15) is 9.90 Å². The van der Waals surface area contributed by atoms with Crippen LogP contribution in [0.4, 0.5) is 0 Å². The summed E-state index contributed by atoms with van der Waals surface area (Å²) < 4.78 is 0. The minimum atomic E-state index is -0.511. The van der Waals surface area contributed by atoms with E-state index < -0.39 is 6.10 Å². The fourth-order valence-corrected chi connectivity index (χ4v) is 3.95. The van der Waals surface area contributed by atoms with Gasteiger partial charge in [0.1, 0.15) is 0 Å². The molecule has 6 heteroatoms. The van der Waals surface area contributed by atoms with Gasteiger partial charge in [-0.15, -0.1) is 0 Å². The van der Waals surface area contributed by atoms with E-state index in [-0.39, 0.29) is 18.3 Å². The van der Waals surface area contributed by atoms with E-state index in [1.54, 1.807) is 17.3 Å². The summed E-state index contributed by atoms with van der Waals surface area (Å²) in [6.07, 6.45) is 3.76. The fraction of sp³-hybridized carbons (Fsp3) is 0.240. The highest BCUT2D eigenvalue weighted by Gasteiger charge is 2.35. The van der Waals surface area contributed by atoms with Crippen LogP contribution in [0, 0.1) is 12.8 Å². The van der Waals surface area contributed by atoms with E-state index in [1.165, 1.54) is 0 Å². The second-order valence-electron chi connectivity index (χ2n) is 7.62. The van der Waals surface area contributed by atoms with Crippen LogP contribution in [-0.4, -0.2) is 51.7 Å². The molecular weight excluding hydrogens is 392 g/mol. The van der Waals surface area contributed by atoms with Gasteiger partial charge in [-0.25, -0.2) is 0 Å². The monoisotopic (exact) mass is 418 g/mol. The van der Waals surface area contributed by atoms with Crippen molar-refractivity contribution in [2.24, 2.45) is 5.92 Å². The summed E-state index contributed by atoms with van der Waals surface area (Å²) in [5, 5.41) is 17.4. The van der Waals surface area contributed by atoms with Gasteiger partial charge in [0.2, 0.25) is 0 Å². The number of aliphatic hydroxyl groups is 1. The zero-order valence-corrected chi connectivity index (χ0v) is 17.4. The Morgan fingerprint density at radius 3 is 2.52 bits per heavy atom. The predicted octanol–water partition coefficient (Wildman–Crippen LogP) is 3.43. The third-order valence-corrected chi connectivity index (χ3v) is 5.43. The standard InChI is InChI=1S/C24H24N2O2.CH2O2/c1-17-5-4-6-19(13-17)21-7-2-3-8-22(21)24(28)26-15-20(23(27)16-26)14-18-9-11-25-12-10-18;2-1-3/h2-13,20,23,27H,14-16H2,1H3;1H,(H,2,3)/t20-,23-;/m1./s1. The number of nitrogens with zero attached hydrogens (tertiary/aromatic N) is 2. The number of pyridine rings is 1. The lowest BCUT2D eigenvalue weighted by molar-refractivity contribution is -0.122. The average Bonchev–Trinajstić information content (AvgIpc) is 3.14. The largest absolute Gasteiger partial charge is 0.483 e. The van der Waals surface area contributed by atoms with Gasteiger partial charge in [-0.3, -0.25) is 14.6 Å². The lowest BCUT2D eigenvalue weighted by Gasteiger charge is -2.18. The van der Waals surface area contributed by atoms with Crippen LogP contribution in [0.15, 0.2) is 73.1 Å². The SMILES string of the molecule is Cc1cccc(-c2ccccc2C(=O)N2C[C@@H](Cc3ccncc3)[C@H](O)C2)c1.O=CO. The molecule has 0 saturated carbocycles. The molecule has 4 rings (SSSR count). The second-order valence-corrected chi connectivity index (χ2v) is 7.62. The van der Waals surface area contributed by atoms with Crippen LogP contribution in [-0.2, 0) is 11.2 Å². The molecule has 1 aromatic heterocycles. The molecule has 1 aliphatic rings. The Morgan fingerprint density at radius 2 is 1.81 bits per heavy atom. The maximum atomic E-state index is 13.3. The van der Waals surface area contributed by atoms with Crippen LogP contribution < -0.4 is 0 Å². The van der Waals surface area contributed by atoms with E-state index in [2.05, 4.69) is 24.0 Å². The summed E-state index contributed by atoms with van der Waals surface area (Å²) in [5.74, 6) is 0.0193. The first kappa shape index (κ1) is 22.2. The van der Waals surface area contributed by atoms with Gasteiger partial charge in [0.25, 0.3) is 12.4 Å². The number of aryl methyl sites for hydroxylation is 1. The minimum Gasteiger partial charge on any atom is -0.483 e. The Morgan fingerprint density at radius 1 is 1.10 bits per heavy atom. The molecule has 6 nitrogen and oxygen atoms in total. The average molecular weight is 418 g/mol. The van der Waals surface area contributed by atoms with Gasteiger partial charge in [0.05, 0.1) is 6.10 Å². The maximum absolute atomic E-state index is 13.3. The molecule has 3 aromatic rings. The number of carbonyl (C=O) groups is 2. The van der Waals surface area contributed by atoms with E-state index in [0.717, 1.165) is 28.7 Å². The third kappa shape index (κ3) is 5.55. The summed E-state index contributed by atoms with van der Waals surface area (Å²) >= 11 is 0. The molecule has 2 atom stereocenters. The summed E-state index contributed by atoms with van der Waals surface area (Å²) in [7, 11) is 0. The predicted molar refractivity (Wildman–Crippen MR) is 119 cm³/mol. The Kier molecular flexibility index (Phi) is 7.51. The molecule has 1 amide bonds. The van der Waals surface area contributed by atoms with Crippen LogP contribution in [0.3, 0.4) is 0 Å². The summed E-state index contributed by atoms with van der Waals surface area (Å²) in [5.41, 5.74) is 4.95. The quantitative estimate of drug-likeness (QED) is 0.634. The van der Waals surface area contributed by atoms with Crippen molar-refractivity contribution in [3.63, 3.8) is 0 Å². The first-order valence-electron chi connectivity index (χ1n) is 10.1. The molecular formula is C25H26N2O4. The van der Waals surface area contributed by atoms with Crippen molar-refractivity contribution in [3.05, 3.63) is 89.7 Å². The van der Waals surface area contributed by atoms with Gasteiger partial charge in [0, 0.05) is 37.0 Å². The number of hydrogen-bond acceptors (Lipinski definition) is 4. The number of aliphatic hydroxyl groups excluding tert-OH is 1. The van der Waals surface area contributed by atoms with E-state index >= 15 is 0 Å². The van der Waals surface area contributed by atoms with Crippen molar-refractivity contribution in [1.82, 2.24) is 9.88 Å². The lowest BCUT2D eigenvalue weighted by Crippen LogP contribution is -2.30.